The van der Waals surface area contributed by atoms with Gasteiger partial charge in [0.1, 0.15) is 16.5 Å². The summed E-state index contributed by atoms with van der Waals surface area (Å²) in [6.45, 7) is 23.4. The minimum atomic E-state index is -1.42. The molecule has 0 atom stereocenters. The van der Waals surface area contributed by atoms with Gasteiger partial charge in [0.05, 0.1) is 0 Å². The van der Waals surface area contributed by atoms with Gasteiger partial charge in [-0.05, 0) is 12.1 Å². The maximum atomic E-state index is 6.89. The van der Waals surface area contributed by atoms with Gasteiger partial charge in [-0.1, -0.05) is 67.0 Å². The van der Waals surface area contributed by atoms with E-state index in [1.807, 2.05) is 0 Å². The van der Waals surface area contributed by atoms with Crippen LogP contribution in [-0.2, 0) is 0 Å². The molecule has 0 saturated carbocycles. The summed E-state index contributed by atoms with van der Waals surface area (Å²) in [5.74, 6) is 0. The second-order valence-corrected chi connectivity index (χ2v) is 18.1. The smallest absolute Gasteiger partial charge is 0.359 e. The molecule has 0 aromatic heterocycles. The van der Waals surface area contributed by atoms with Crippen molar-refractivity contribution in [2.75, 3.05) is 0 Å². The van der Waals surface area contributed by atoms with Crippen molar-refractivity contribution in [1.29, 1.82) is 0 Å². The standard InChI is InChI=1S/C12H32BClN2Si2/c1-11(2)15(12(3)4)13(14)16(17(5,6)7)18(8,9)10/h11-12H,1-10H3. The minimum Gasteiger partial charge on any atom is -0.359 e. The molecular formula is C12H32BClN2Si2. The fraction of sp³-hybridized carbons (Fsp3) is 1.00. The molecule has 0 aromatic carbocycles. The van der Waals surface area contributed by atoms with E-state index in [2.05, 4.69) is 75.9 Å². The van der Waals surface area contributed by atoms with E-state index in [9.17, 15) is 0 Å². The van der Waals surface area contributed by atoms with E-state index in [0.717, 1.165) is 0 Å². The summed E-state index contributed by atoms with van der Waals surface area (Å²) >= 11 is 6.89. The van der Waals surface area contributed by atoms with Crippen molar-refractivity contribution in [3.63, 3.8) is 0 Å². The second kappa shape index (κ2) is 6.44. The molecule has 0 bridgehead atoms. The third kappa shape index (κ3) is 5.00. The summed E-state index contributed by atoms with van der Waals surface area (Å²) in [6, 6.07) is 0.949. The Kier molecular flexibility index (Phi) is 6.69. The topological polar surface area (TPSA) is 6.48 Å². The molecule has 108 valence electrons. The third-order valence-electron chi connectivity index (χ3n) is 3.10. The Hall–Kier alpha value is 0.709. The largest absolute Gasteiger partial charge is 0.406 e. The van der Waals surface area contributed by atoms with Gasteiger partial charge >= 0.3 is 6.40 Å². The van der Waals surface area contributed by atoms with Crippen LogP contribution in [0.4, 0.5) is 0 Å². The van der Waals surface area contributed by atoms with Crippen LogP contribution in [0.1, 0.15) is 27.7 Å². The van der Waals surface area contributed by atoms with E-state index in [4.69, 9.17) is 11.5 Å². The lowest BCUT2D eigenvalue weighted by atomic mass is 10.0. The van der Waals surface area contributed by atoms with Gasteiger partial charge in [0, 0.05) is 0 Å². The lowest BCUT2D eigenvalue weighted by Gasteiger charge is -2.50. The highest BCUT2D eigenvalue weighted by molar-refractivity contribution is 7.15. The Labute approximate surface area is 122 Å². The normalized spacial score (nSPS) is 14.2. The molecular weight excluding hydrogens is 275 g/mol. The zero-order valence-electron chi connectivity index (χ0n) is 14.0. The van der Waals surface area contributed by atoms with E-state index in [-0.39, 0.29) is 6.40 Å². The predicted octanol–water partition coefficient (Wildman–Crippen LogP) is 4.30. The van der Waals surface area contributed by atoms with Crippen LogP contribution >= 0.6 is 11.5 Å². The summed E-state index contributed by atoms with van der Waals surface area (Å²) in [5, 5.41) is 0. The van der Waals surface area contributed by atoms with E-state index >= 15 is 0 Å². The predicted molar refractivity (Wildman–Crippen MR) is 92.2 cm³/mol. The zero-order chi connectivity index (χ0) is 14.9. The van der Waals surface area contributed by atoms with Crippen molar-refractivity contribution in [2.24, 2.45) is 0 Å². The van der Waals surface area contributed by atoms with E-state index in [1.54, 1.807) is 0 Å². The van der Waals surface area contributed by atoms with Crippen LogP contribution in [0.25, 0.3) is 0 Å². The van der Waals surface area contributed by atoms with Gasteiger partial charge in [0.2, 0.25) is 0 Å². The lowest BCUT2D eigenvalue weighted by Crippen LogP contribution is -2.69. The van der Waals surface area contributed by atoms with E-state index in [0.29, 0.717) is 12.1 Å². The van der Waals surface area contributed by atoms with Crippen LogP contribution in [0.15, 0.2) is 0 Å². The molecule has 0 N–H and O–H groups in total. The number of rotatable bonds is 6. The molecule has 0 rings (SSSR count). The van der Waals surface area contributed by atoms with Crippen LogP contribution in [-0.4, -0.2) is 43.9 Å². The van der Waals surface area contributed by atoms with Crippen molar-refractivity contribution in [3.8, 4) is 0 Å². The van der Waals surface area contributed by atoms with Gasteiger partial charge < -0.3 is 8.95 Å². The minimum absolute atomic E-state index is 0.0309. The molecule has 0 aromatic rings. The monoisotopic (exact) mass is 306 g/mol. The molecule has 0 amide bonds. The Morgan fingerprint density at radius 3 is 1.22 bits per heavy atom. The Morgan fingerprint density at radius 1 is 0.778 bits per heavy atom. The first-order valence-electron chi connectivity index (χ1n) is 7.01. The lowest BCUT2D eigenvalue weighted by molar-refractivity contribution is 0.299. The molecule has 0 fully saturated rings. The highest BCUT2D eigenvalue weighted by Crippen LogP contribution is 2.26. The quantitative estimate of drug-likeness (QED) is 0.675. The fourth-order valence-corrected chi connectivity index (χ4v) is 14.7. The van der Waals surface area contributed by atoms with Crippen molar-refractivity contribution in [1.82, 2.24) is 8.95 Å². The van der Waals surface area contributed by atoms with Gasteiger partial charge in [-0.3, -0.25) is 0 Å². The maximum absolute atomic E-state index is 6.89. The Balaban J connectivity index is 5.38. The van der Waals surface area contributed by atoms with Crippen LogP contribution in [0, 0.1) is 0 Å². The number of halogens is 1. The molecule has 2 nitrogen and oxygen atoms in total. The van der Waals surface area contributed by atoms with Gasteiger partial charge in [0.25, 0.3) is 0 Å². The van der Waals surface area contributed by atoms with Gasteiger partial charge in [0.15, 0.2) is 0 Å². The Morgan fingerprint density at radius 2 is 1.06 bits per heavy atom. The molecule has 0 aliphatic carbocycles. The molecule has 0 aliphatic heterocycles. The van der Waals surface area contributed by atoms with E-state index in [1.165, 1.54) is 0 Å². The number of hydrogen-bond donors (Lipinski definition) is 0. The van der Waals surface area contributed by atoms with E-state index < -0.39 is 16.5 Å². The molecule has 0 aliphatic rings. The van der Waals surface area contributed by atoms with Crippen molar-refractivity contribution < 1.29 is 0 Å². The second-order valence-electron chi connectivity index (χ2n) is 7.66. The molecule has 0 unspecified atom stereocenters. The van der Waals surface area contributed by atoms with Crippen LogP contribution in [0.5, 0.6) is 0 Å². The molecule has 0 heterocycles. The SMILES string of the molecule is CC(C)N(B(Cl)N([Si](C)(C)C)[Si](C)(C)C)C(C)C. The molecule has 0 radical (unpaired) electrons. The average Bonchev–Trinajstić information content (AvgIpc) is 1.93. The fourth-order valence-electron chi connectivity index (χ4n) is 2.87. The van der Waals surface area contributed by atoms with Crippen molar-refractivity contribution >= 4 is 34.3 Å². The Bertz CT molecular complexity index is 240. The summed E-state index contributed by atoms with van der Waals surface area (Å²) in [5.41, 5.74) is 0. The number of hydrogen-bond acceptors (Lipinski definition) is 2. The first kappa shape index (κ1) is 18.7. The summed E-state index contributed by atoms with van der Waals surface area (Å²) in [7, 11) is -2.84. The van der Waals surface area contributed by atoms with Gasteiger partial charge in [-0.2, -0.15) is 0 Å². The third-order valence-corrected chi connectivity index (χ3v) is 11.2. The van der Waals surface area contributed by atoms with Gasteiger partial charge in [-0.25, -0.2) is 0 Å². The average molecular weight is 307 g/mol. The van der Waals surface area contributed by atoms with Crippen LogP contribution < -0.4 is 0 Å². The summed E-state index contributed by atoms with van der Waals surface area (Å²) in [6.07, 6.45) is 0.0309. The highest BCUT2D eigenvalue weighted by atomic mass is 35.5. The molecule has 18 heavy (non-hydrogen) atoms. The van der Waals surface area contributed by atoms with Gasteiger partial charge in [-0.15, -0.1) is 11.5 Å². The number of nitrogens with zero attached hydrogens (tertiary/aromatic N) is 2. The van der Waals surface area contributed by atoms with Crippen LogP contribution in [0.3, 0.4) is 0 Å². The highest BCUT2D eigenvalue weighted by Gasteiger charge is 2.44. The maximum Gasteiger partial charge on any atom is 0.406 e. The van der Waals surface area contributed by atoms with Crippen LogP contribution in [0.2, 0.25) is 39.3 Å². The first-order chi connectivity index (χ1) is 7.80. The molecule has 6 heteroatoms. The molecule has 0 saturated heterocycles. The summed E-state index contributed by atoms with van der Waals surface area (Å²) in [4.78, 5) is 2.43. The zero-order valence-corrected chi connectivity index (χ0v) is 16.8. The first-order valence-corrected chi connectivity index (χ1v) is 14.3. The van der Waals surface area contributed by atoms with Crippen molar-refractivity contribution in [3.05, 3.63) is 0 Å². The van der Waals surface area contributed by atoms with Crippen molar-refractivity contribution in [2.45, 2.75) is 79.1 Å². The summed E-state index contributed by atoms with van der Waals surface area (Å²) < 4.78 is 2.67. The molecule has 0 spiro atoms.